The fourth-order valence-electron chi connectivity index (χ4n) is 4.20. The van der Waals surface area contributed by atoms with Gasteiger partial charge in [-0.05, 0) is 47.5 Å². The zero-order chi connectivity index (χ0) is 25.1. The van der Waals surface area contributed by atoms with Gasteiger partial charge in [-0.3, -0.25) is 0 Å². The van der Waals surface area contributed by atoms with Gasteiger partial charge in [0.05, 0.1) is 11.2 Å². The number of fused-ring (bicyclic) bond motifs is 1. The van der Waals surface area contributed by atoms with Crippen LogP contribution in [0.1, 0.15) is 63.0 Å². The van der Waals surface area contributed by atoms with Gasteiger partial charge in [0.15, 0.2) is 6.20 Å². The second-order valence-electron chi connectivity index (χ2n) is 7.85. The Balaban J connectivity index is 2.27. The molecule has 0 aliphatic carbocycles. The van der Waals surface area contributed by atoms with Crippen LogP contribution in [-0.4, -0.2) is 4.57 Å². The van der Waals surface area contributed by atoms with Crippen molar-refractivity contribution in [3.05, 3.63) is 83.6 Å². The molecular formula is C27H31N2+. The molecule has 0 amide bonds. The standard InChI is InChI=1S/C27H31N2/c1-18(2)21-13-11-14-22(19(3)4)27(21)29-24-15-8-7-12-23(24)20(5)26(29)25-16-9-10-17-28(25)6/h7-19H,1-6H3/q+1/i1D3,18D,19D. The van der Waals surface area contributed by atoms with E-state index in [2.05, 4.69) is 17.6 Å². The van der Waals surface area contributed by atoms with Crippen LogP contribution in [0.3, 0.4) is 0 Å². The van der Waals surface area contributed by atoms with E-state index in [1.165, 1.54) is 6.92 Å². The molecule has 0 aliphatic rings. The Morgan fingerprint density at radius 2 is 1.59 bits per heavy atom. The van der Waals surface area contributed by atoms with Crippen LogP contribution in [-0.2, 0) is 7.05 Å². The van der Waals surface area contributed by atoms with Crippen molar-refractivity contribution in [2.75, 3.05) is 0 Å². The fraction of sp³-hybridized carbons (Fsp3) is 0.296. The van der Waals surface area contributed by atoms with Crippen LogP contribution in [0, 0.1) is 6.92 Å². The highest BCUT2D eigenvalue weighted by atomic mass is 15.0. The molecule has 2 heteroatoms. The van der Waals surface area contributed by atoms with E-state index in [4.69, 9.17) is 6.85 Å². The highest BCUT2D eigenvalue weighted by Gasteiger charge is 2.26. The third-order valence-corrected chi connectivity index (χ3v) is 5.63. The molecule has 1 atom stereocenters. The summed E-state index contributed by atoms with van der Waals surface area (Å²) in [7, 11) is 1.98. The first-order chi connectivity index (χ1) is 15.8. The summed E-state index contributed by atoms with van der Waals surface area (Å²) >= 11 is 0. The largest absolute Gasteiger partial charge is 0.303 e. The predicted molar refractivity (Wildman–Crippen MR) is 123 cm³/mol. The first kappa shape index (κ1) is 14.2. The number of pyridine rings is 1. The number of rotatable bonds is 4. The summed E-state index contributed by atoms with van der Waals surface area (Å²) in [6.45, 7) is 4.56. The Morgan fingerprint density at radius 1 is 0.897 bits per heavy atom. The normalized spacial score (nSPS) is 17.1. The first-order valence-electron chi connectivity index (χ1n) is 12.5. The molecular weight excluding hydrogens is 352 g/mol. The quantitative estimate of drug-likeness (QED) is 0.345. The van der Waals surface area contributed by atoms with E-state index in [9.17, 15) is 0 Å². The van der Waals surface area contributed by atoms with Crippen molar-refractivity contribution >= 4 is 10.9 Å². The summed E-state index contributed by atoms with van der Waals surface area (Å²) in [6, 6.07) is 19.4. The number of para-hydroxylation sites is 2. The van der Waals surface area contributed by atoms with E-state index in [-0.39, 0.29) is 0 Å². The van der Waals surface area contributed by atoms with E-state index in [1.54, 1.807) is 26.0 Å². The minimum atomic E-state index is -2.55. The molecule has 4 aromatic rings. The van der Waals surface area contributed by atoms with Crippen molar-refractivity contribution in [1.29, 1.82) is 0 Å². The number of aryl methyl sites for hydroxylation is 2. The zero-order valence-electron chi connectivity index (χ0n) is 22.7. The molecule has 1 unspecified atom stereocenters. The van der Waals surface area contributed by atoms with Crippen molar-refractivity contribution in [2.24, 2.45) is 7.05 Å². The number of hydrogen-bond donors (Lipinski definition) is 0. The number of hydrogen-bond acceptors (Lipinski definition) is 0. The molecule has 29 heavy (non-hydrogen) atoms. The molecule has 2 aromatic heterocycles. The lowest BCUT2D eigenvalue weighted by Gasteiger charge is -2.23. The lowest BCUT2D eigenvalue weighted by Crippen LogP contribution is -2.31. The van der Waals surface area contributed by atoms with E-state index < -0.39 is 18.6 Å². The lowest BCUT2D eigenvalue weighted by molar-refractivity contribution is -0.660. The van der Waals surface area contributed by atoms with Crippen LogP contribution in [0.2, 0.25) is 0 Å². The van der Waals surface area contributed by atoms with Gasteiger partial charge in [0, 0.05) is 24.4 Å². The predicted octanol–water partition coefficient (Wildman–Crippen LogP) is 6.68. The summed E-state index contributed by atoms with van der Waals surface area (Å²) in [5.74, 6) is -2.90. The van der Waals surface area contributed by atoms with Crippen molar-refractivity contribution in [3.63, 3.8) is 0 Å². The summed E-state index contributed by atoms with van der Waals surface area (Å²) in [5.41, 5.74) is 5.50. The second-order valence-corrected chi connectivity index (χ2v) is 7.85. The molecule has 2 nitrogen and oxygen atoms in total. The molecule has 0 saturated heterocycles. The van der Waals surface area contributed by atoms with Crippen molar-refractivity contribution in [1.82, 2.24) is 4.57 Å². The Labute approximate surface area is 181 Å². The molecule has 0 spiro atoms. The Morgan fingerprint density at radius 3 is 2.28 bits per heavy atom. The van der Waals surface area contributed by atoms with Gasteiger partial charge >= 0.3 is 0 Å². The number of nitrogens with zero attached hydrogens (tertiary/aromatic N) is 2. The molecule has 148 valence electrons. The molecule has 0 radical (unpaired) electrons. The molecule has 0 N–H and O–H groups in total. The lowest BCUT2D eigenvalue weighted by atomic mass is 9.92. The Hall–Kier alpha value is -2.87. The zero-order valence-corrected chi connectivity index (χ0v) is 17.7. The molecule has 0 saturated carbocycles. The number of aromatic nitrogens is 2. The molecule has 0 bridgehead atoms. The van der Waals surface area contributed by atoms with Crippen LogP contribution in [0.4, 0.5) is 0 Å². The highest BCUT2D eigenvalue weighted by Crippen LogP contribution is 2.40. The van der Waals surface area contributed by atoms with Gasteiger partial charge in [0.1, 0.15) is 12.7 Å². The molecule has 0 aliphatic heterocycles. The van der Waals surface area contributed by atoms with E-state index in [0.717, 1.165) is 27.9 Å². The van der Waals surface area contributed by atoms with E-state index in [0.29, 0.717) is 16.8 Å². The third kappa shape index (κ3) is 3.17. The van der Waals surface area contributed by atoms with Crippen molar-refractivity contribution in [3.8, 4) is 17.1 Å². The summed E-state index contributed by atoms with van der Waals surface area (Å²) in [4.78, 5) is 0. The van der Waals surface area contributed by atoms with Gasteiger partial charge in [-0.1, -0.05) is 64.0 Å². The minimum absolute atomic E-state index is 0.380. The average molecular weight is 389 g/mol. The maximum absolute atomic E-state index is 9.00. The summed E-state index contributed by atoms with van der Waals surface area (Å²) < 4.78 is 46.5. The van der Waals surface area contributed by atoms with Gasteiger partial charge in [-0.25, -0.2) is 0 Å². The van der Waals surface area contributed by atoms with Gasteiger partial charge in [0.2, 0.25) is 5.69 Å². The Kier molecular flexibility index (Phi) is 3.67. The van der Waals surface area contributed by atoms with Gasteiger partial charge < -0.3 is 4.57 Å². The number of benzene rings is 2. The van der Waals surface area contributed by atoms with Gasteiger partial charge in [0.25, 0.3) is 0 Å². The SMILES string of the molecule is [2H]C(C)(C)c1cccc(C([2H])(C)C([2H])([2H])[2H])c1-n1c(-c2cccc[n+]2C)c(C)c2ccccc21. The summed E-state index contributed by atoms with van der Waals surface area (Å²) in [6.07, 6.45) is 1.98. The first-order valence-corrected chi connectivity index (χ1v) is 9.96. The van der Waals surface area contributed by atoms with Crippen LogP contribution >= 0.6 is 0 Å². The van der Waals surface area contributed by atoms with Crippen molar-refractivity contribution in [2.45, 2.75) is 46.3 Å². The molecule has 2 heterocycles. The van der Waals surface area contributed by atoms with Crippen LogP contribution in [0.25, 0.3) is 28.0 Å². The monoisotopic (exact) mass is 388 g/mol. The molecule has 0 fully saturated rings. The van der Waals surface area contributed by atoms with Gasteiger partial charge in [-0.15, -0.1) is 0 Å². The average Bonchev–Trinajstić information content (AvgIpc) is 3.04. The summed E-state index contributed by atoms with van der Waals surface area (Å²) in [5, 5.41) is 1.05. The van der Waals surface area contributed by atoms with Crippen LogP contribution in [0.5, 0.6) is 0 Å². The maximum atomic E-state index is 9.00. The Bertz CT molecular complexity index is 1370. The fourth-order valence-corrected chi connectivity index (χ4v) is 4.20. The maximum Gasteiger partial charge on any atom is 0.229 e. The van der Waals surface area contributed by atoms with E-state index >= 15 is 0 Å². The molecule has 4 rings (SSSR count). The van der Waals surface area contributed by atoms with E-state index in [1.807, 2.05) is 60.3 Å². The minimum Gasteiger partial charge on any atom is -0.303 e. The topological polar surface area (TPSA) is 8.81 Å². The third-order valence-electron chi connectivity index (χ3n) is 5.63. The van der Waals surface area contributed by atoms with Crippen molar-refractivity contribution < 1.29 is 11.4 Å². The molecule has 2 aromatic carbocycles. The van der Waals surface area contributed by atoms with Gasteiger partial charge in [-0.2, -0.15) is 4.57 Å². The highest BCUT2D eigenvalue weighted by molar-refractivity contribution is 5.93. The van der Waals surface area contributed by atoms with Crippen LogP contribution in [0.15, 0.2) is 66.9 Å². The smallest absolute Gasteiger partial charge is 0.229 e. The van der Waals surface area contributed by atoms with Crippen LogP contribution < -0.4 is 4.57 Å². The second kappa shape index (κ2) is 7.51.